The fourth-order valence-electron chi connectivity index (χ4n) is 5.72. The zero-order chi connectivity index (χ0) is 32.8. The van der Waals surface area contributed by atoms with Crippen LogP contribution in [0.25, 0.3) is 0 Å². The minimum Gasteiger partial charge on any atom is -0.508 e. The first-order chi connectivity index (χ1) is 21.6. The molecule has 1 heterocycles. The third-order valence-electron chi connectivity index (χ3n) is 8.49. The molecule has 1 aliphatic heterocycles. The number of aryl methyl sites for hydroxylation is 1. The summed E-state index contributed by atoms with van der Waals surface area (Å²) in [4.78, 5) is 38.7. The van der Waals surface area contributed by atoms with E-state index in [4.69, 9.17) is 9.47 Å². The van der Waals surface area contributed by atoms with Crippen LogP contribution in [0.2, 0.25) is 0 Å². The number of allylic oxidation sites excluding steroid dienone is 5. The lowest BCUT2D eigenvalue weighted by Crippen LogP contribution is -2.45. The van der Waals surface area contributed by atoms with Crippen molar-refractivity contribution in [1.82, 2.24) is 5.32 Å². The number of carbonyl (C=O) groups excluding carboxylic acids is 3. The summed E-state index contributed by atoms with van der Waals surface area (Å²) >= 11 is 0. The molecule has 1 saturated carbocycles. The lowest BCUT2D eigenvalue weighted by atomic mass is 9.88. The summed E-state index contributed by atoms with van der Waals surface area (Å²) in [5, 5.41) is 27.1. The number of hydrogen-bond donors (Lipinski definition) is 4. The van der Waals surface area contributed by atoms with Crippen molar-refractivity contribution in [1.29, 1.82) is 0 Å². The van der Waals surface area contributed by atoms with E-state index >= 15 is 0 Å². The lowest BCUT2D eigenvalue weighted by molar-refractivity contribution is -0.155. The molecule has 5 atom stereocenters. The predicted molar refractivity (Wildman–Crippen MR) is 175 cm³/mol. The fraction of sp³-hybridized carbons (Fsp3) is 0.528. The van der Waals surface area contributed by atoms with E-state index in [-0.39, 0.29) is 29.9 Å². The number of ether oxygens (including phenoxy) is 2. The molecule has 9 nitrogen and oxygen atoms in total. The van der Waals surface area contributed by atoms with Gasteiger partial charge in [0.1, 0.15) is 17.9 Å². The van der Waals surface area contributed by atoms with E-state index in [0.29, 0.717) is 24.9 Å². The molecule has 0 spiro atoms. The molecule has 2 aliphatic rings. The maximum atomic E-state index is 13.2. The van der Waals surface area contributed by atoms with Crippen LogP contribution in [-0.2, 0) is 30.3 Å². The molecule has 0 saturated heterocycles. The number of methoxy groups -OCH3 is 1. The van der Waals surface area contributed by atoms with Gasteiger partial charge in [-0.3, -0.25) is 9.59 Å². The van der Waals surface area contributed by atoms with Gasteiger partial charge in [-0.1, -0.05) is 68.7 Å². The van der Waals surface area contributed by atoms with Crippen LogP contribution in [0.15, 0.2) is 66.3 Å². The molecule has 45 heavy (non-hydrogen) atoms. The lowest BCUT2D eigenvalue weighted by Gasteiger charge is -2.30. The third kappa shape index (κ3) is 12.0. The quantitative estimate of drug-likeness (QED) is 0.245. The first-order valence-corrected chi connectivity index (χ1v) is 16.1. The SMILES string of the molecule is CO[C@H]1\C=C/C=C\C=C/C[C@H](O)[C@H](C)[C@@H](OC(=O)[C@@H](C)NC(=O)C2CCCCC2)/C(C)=C\CCc2cc(O)cc(c2)NC(=O)C1. The fourth-order valence-corrected chi connectivity index (χ4v) is 5.72. The summed E-state index contributed by atoms with van der Waals surface area (Å²) in [6.45, 7) is 5.35. The van der Waals surface area contributed by atoms with Gasteiger partial charge in [0.05, 0.1) is 18.6 Å². The molecule has 1 aromatic rings. The number of esters is 1. The first-order valence-electron chi connectivity index (χ1n) is 16.1. The number of fused-ring (bicyclic) bond motifs is 2. The topological polar surface area (TPSA) is 134 Å². The van der Waals surface area contributed by atoms with E-state index in [9.17, 15) is 24.6 Å². The van der Waals surface area contributed by atoms with Crippen molar-refractivity contribution in [2.45, 2.75) is 103 Å². The summed E-state index contributed by atoms with van der Waals surface area (Å²) in [5.74, 6) is -1.37. The molecule has 1 fully saturated rings. The smallest absolute Gasteiger partial charge is 0.328 e. The van der Waals surface area contributed by atoms with Gasteiger partial charge in [-0.05, 0) is 69.2 Å². The Balaban J connectivity index is 1.81. The monoisotopic (exact) mass is 622 g/mol. The summed E-state index contributed by atoms with van der Waals surface area (Å²) in [5.41, 5.74) is 2.08. The van der Waals surface area contributed by atoms with Gasteiger partial charge in [0.15, 0.2) is 0 Å². The van der Waals surface area contributed by atoms with Crippen molar-refractivity contribution in [2.24, 2.45) is 11.8 Å². The zero-order valence-corrected chi connectivity index (χ0v) is 27.0. The number of amides is 2. The number of benzene rings is 1. The number of rotatable bonds is 5. The van der Waals surface area contributed by atoms with Crippen molar-refractivity contribution >= 4 is 23.5 Å². The van der Waals surface area contributed by atoms with Crippen LogP contribution in [0, 0.1) is 11.8 Å². The maximum absolute atomic E-state index is 13.2. The Labute approximate surface area is 267 Å². The van der Waals surface area contributed by atoms with Crippen molar-refractivity contribution in [2.75, 3.05) is 12.4 Å². The van der Waals surface area contributed by atoms with E-state index in [0.717, 1.165) is 43.2 Å². The minimum atomic E-state index is -0.821. The molecule has 0 aromatic heterocycles. The summed E-state index contributed by atoms with van der Waals surface area (Å²) in [6.07, 6.45) is 17.3. The van der Waals surface area contributed by atoms with Crippen molar-refractivity contribution < 1.29 is 34.1 Å². The molecule has 2 amide bonds. The number of hydrogen-bond acceptors (Lipinski definition) is 7. The highest BCUT2D eigenvalue weighted by Gasteiger charge is 2.31. The predicted octanol–water partition coefficient (Wildman–Crippen LogP) is 5.68. The molecule has 0 radical (unpaired) electrons. The second kappa shape index (κ2) is 18.3. The number of phenolic OH excluding ortho intramolecular Hbond substituents is 1. The number of aromatic hydroxyl groups is 1. The maximum Gasteiger partial charge on any atom is 0.328 e. The van der Waals surface area contributed by atoms with Crippen molar-refractivity contribution in [3.05, 3.63) is 71.9 Å². The van der Waals surface area contributed by atoms with Gasteiger partial charge in [0.2, 0.25) is 11.8 Å². The first kappa shape index (κ1) is 35.8. The van der Waals surface area contributed by atoms with Crippen LogP contribution in [0.5, 0.6) is 5.75 Å². The molecule has 1 aliphatic carbocycles. The highest BCUT2D eigenvalue weighted by molar-refractivity contribution is 5.91. The van der Waals surface area contributed by atoms with Gasteiger partial charge >= 0.3 is 5.97 Å². The van der Waals surface area contributed by atoms with E-state index in [1.54, 1.807) is 31.2 Å². The van der Waals surface area contributed by atoms with Crippen molar-refractivity contribution in [3.63, 3.8) is 0 Å². The van der Waals surface area contributed by atoms with Gasteiger partial charge < -0.3 is 30.3 Å². The minimum absolute atomic E-state index is 0.0375. The molecule has 246 valence electrons. The van der Waals surface area contributed by atoms with Crippen LogP contribution in [0.3, 0.4) is 0 Å². The number of phenols is 1. The molecule has 1 aromatic carbocycles. The Kier molecular flexibility index (Phi) is 14.6. The van der Waals surface area contributed by atoms with Crippen LogP contribution >= 0.6 is 0 Å². The second-order valence-corrected chi connectivity index (χ2v) is 12.2. The average Bonchev–Trinajstić information content (AvgIpc) is 3.01. The van der Waals surface area contributed by atoms with E-state index in [2.05, 4.69) is 10.6 Å². The Morgan fingerprint density at radius 2 is 1.80 bits per heavy atom. The Morgan fingerprint density at radius 3 is 2.53 bits per heavy atom. The number of anilines is 1. The van der Waals surface area contributed by atoms with E-state index in [1.165, 1.54) is 13.2 Å². The summed E-state index contributed by atoms with van der Waals surface area (Å²) < 4.78 is 11.4. The normalized spacial score (nSPS) is 28.2. The Bertz CT molecular complexity index is 1260. The molecule has 0 unspecified atom stereocenters. The van der Waals surface area contributed by atoms with Crippen LogP contribution in [0.4, 0.5) is 5.69 Å². The number of carbonyl (C=O) groups is 3. The van der Waals surface area contributed by atoms with Gasteiger partial charge in [-0.25, -0.2) is 4.79 Å². The zero-order valence-electron chi connectivity index (χ0n) is 27.0. The summed E-state index contributed by atoms with van der Waals surface area (Å²) in [6, 6.07) is 4.14. The largest absolute Gasteiger partial charge is 0.508 e. The van der Waals surface area contributed by atoms with E-state index in [1.807, 2.05) is 44.2 Å². The van der Waals surface area contributed by atoms with Crippen LogP contribution in [0.1, 0.15) is 77.7 Å². The van der Waals surface area contributed by atoms with Crippen LogP contribution < -0.4 is 10.6 Å². The number of aliphatic hydroxyl groups is 1. The molecular formula is C36H50N2O7. The second-order valence-electron chi connectivity index (χ2n) is 12.2. The van der Waals surface area contributed by atoms with Gasteiger partial charge in [0, 0.05) is 30.7 Å². The standard InChI is InChI=1S/C36H50N2O7/c1-24-14-13-15-27-20-29(22-30(39)21-27)38-33(41)23-31(44-4)18-11-6-5-7-12-19-32(40)25(2)34(24)45-36(43)26(3)37-35(42)28-16-9-8-10-17-28/h5-7,11-12,14,18,20-22,25-26,28,31-32,34,39-40H,8-10,13,15-17,19,23H2,1-4H3,(H,37,42)(H,38,41)/b6-5-,12-7-,18-11-,24-14-/t25-,26+,31-,32-,34-/m0/s1. The highest BCUT2D eigenvalue weighted by Crippen LogP contribution is 2.26. The molecule has 4 N–H and O–H groups in total. The van der Waals surface area contributed by atoms with Crippen molar-refractivity contribution in [3.8, 4) is 5.75 Å². The third-order valence-corrected chi connectivity index (χ3v) is 8.49. The average molecular weight is 623 g/mol. The van der Waals surface area contributed by atoms with Gasteiger partial charge in [0.25, 0.3) is 0 Å². The molecule has 2 bridgehead atoms. The van der Waals surface area contributed by atoms with E-state index < -0.39 is 36.2 Å². The number of nitrogens with one attached hydrogen (secondary N) is 2. The van der Waals surface area contributed by atoms with Crippen LogP contribution in [-0.4, -0.2) is 59.5 Å². The molecule has 9 heteroatoms. The van der Waals surface area contributed by atoms with Gasteiger partial charge in [-0.15, -0.1) is 0 Å². The summed E-state index contributed by atoms with van der Waals surface area (Å²) in [7, 11) is 1.54. The Morgan fingerprint density at radius 1 is 1.07 bits per heavy atom. The molecular weight excluding hydrogens is 572 g/mol. The van der Waals surface area contributed by atoms with Gasteiger partial charge in [-0.2, -0.15) is 0 Å². The molecule has 3 rings (SSSR count). The number of aliphatic hydroxyl groups excluding tert-OH is 1. The Hall–Kier alpha value is -3.69. The highest BCUT2D eigenvalue weighted by atomic mass is 16.5.